The lowest BCUT2D eigenvalue weighted by atomic mass is 10.3. The van der Waals surface area contributed by atoms with E-state index in [9.17, 15) is 0 Å². The Labute approximate surface area is 118 Å². The Morgan fingerprint density at radius 2 is 2.17 bits per heavy atom. The predicted octanol–water partition coefficient (Wildman–Crippen LogP) is 3.83. The third kappa shape index (κ3) is 2.86. The van der Waals surface area contributed by atoms with E-state index in [0.29, 0.717) is 22.3 Å². The average Bonchev–Trinajstić information content (AvgIpc) is 2.33. The molecule has 0 amide bonds. The van der Waals surface area contributed by atoms with E-state index in [1.165, 1.54) is 0 Å². The molecule has 1 aromatic heterocycles. The summed E-state index contributed by atoms with van der Waals surface area (Å²) in [5.74, 6) is 1.21. The van der Waals surface area contributed by atoms with Gasteiger partial charge in [0.25, 0.3) is 0 Å². The highest BCUT2D eigenvalue weighted by Gasteiger charge is 2.05. The summed E-state index contributed by atoms with van der Waals surface area (Å²) in [5.41, 5.74) is 7.20. The van der Waals surface area contributed by atoms with E-state index in [-0.39, 0.29) is 0 Å². The number of methoxy groups -OCH3 is 1. The van der Waals surface area contributed by atoms with Gasteiger partial charge in [-0.25, -0.2) is 4.98 Å². The summed E-state index contributed by atoms with van der Waals surface area (Å²) in [4.78, 5) is 4.19. The van der Waals surface area contributed by atoms with Crippen molar-refractivity contribution in [3.8, 4) is 5.75 Å². The molecule has 6 heteroatoms. The molecule has 0 unspecified atom stereocenters. The van der Waals surface area contributed by atoms with Crippen molar-refractivity contribution in [2.45, 2.75) is 0 Å². The Kier molecular flexibility index (Phi) is 3.93. The van der Waals surface area contributed by atoms with Gasteiger partial charge in [0.1, 0.15) is 5.75 Å². The molecule has 0 spiro atoms. The number of nitrogens with one attached hydrogen (secondary N) is 1. The van der Waals surface area contributed by atoms with Crippen LogP contribution in [0.5, 0.6) is 5.75 Å². The number of nitrogens with two attached hydrogens (primary N) is 1. The Morgan fingerprint density at radius 3 is 2.78 bits per heavy atom. The minimum absolute atomic E-state index is 0.526. The van der Waals surface area contributed by atoms with E-state index in [1.807, 2.05) is 6.07 Å². The number of halogens is 2. The number of pyridine rings is 1. The molecule has 1 aromatic carbocycles. The average molecular weight is 329 g/mol. The predicted molar refractivity (Wildman–Crippen MR) is 77.6 cm³/mol. The molecule has 0 atom stereocenters. The lowest BCUT2D eigenvalue weighted by molar-refractivity contribution is 0.415. The number of anilines is 3. The van der Waals surface area contributed by atoms with Gasteiger partial charge in [0, 0.05) is 16.4 Å². The Morgan fingerprint density at radius 1 is 1.39 bits per heavy atom. The zero-order valence-electron chi connectivity index (χ0n) is 9.58. The van der Waals surface area contributed by atoms with Crippen LogP contribution in [-0.2, 0) is 0 Å². The summed E-state index contributed by atoms with van der Waals surface area (Å²) in [7, 11) is 1.57. The van der Waals surface area contributed by atoms with Crippen LogP contribution >= 0.6 is 27.5 Å². The van der Waals surface area contributed by atoms with Crippen LogP contribution in [0, 0.1) is 0 Å². The number of nitrogens with zero attached hydrogens (tertiary/aromatic N) is 1. The molecular weight excluding hydrogens is 318 g/mol. The molecule has 0 saturated carbocycles. The van der Waals surface area contributed by atoms with Crippen molar-refractivity contribution in [1.29, 1.82) is 0 Å². The largest absolute Gasteiger partial charge is 0.495 e. The van der Waals surface area contributed by atoms with Crippen molar-refractivity contribution in [2.24, 2.45) is 0 Å². The first kappa shape index (κ1) is 13.0. The van der Waals surface area contributed by atoms with Gasteiger partial charge >= 0.3 is 0 Å². The monoisotopic (exact) mass is 327 g/mol. The van der Waals surface area contributed by atoms with E-state index in [2.05, 4.69) is 26.2 Å². The number of rotatable bonds is 3. The maximum atomic E-state index is 6.04. The minimum Gasteiger partial charge on any atom is -0.495 e. The molecule has 2 aromatic rings. The molecular formula is C12H11BrClN3O. The Hall–Kier alpha value is -1.46. The third-order valence-electron chi connectivity index (χ3n) is 2.30. The normalized spacial score (nSPS) is 10.2. The molecule has 4 nitrogen and oxygen atoms in total. The van der Waals surface area contributed by atoms with Gasteiger partial charge in [-0.15, -0.1) is 0 Å². The highest BCUT2D eigenvalue weighted by molar-refractivity contribution is 9.10. The van der Waals surface area contributed by atoms with Crippen LogP contribution in [0.4, 0.5) is 17.2 Å². The Bertz CT molecular complexity index is 577. The first-order valence-electron chi connectivity index (χ1n) is 5.11. The molecule has 18 heavy (non-hydrogen) atoms. The number of benzene rings is 1. The fraction of sp³-hybridized carbons (Fsp3) is 0.0833. The maximum absolute atomic E-state index is 6.04. The molecule has 94 valence electrons. The van der Waals surface area contributed by atoms with Gasteiger partial charge in [0.2, 0.25) is 0 Å². The highest BCUT2D eigenvalue weighted by Crippen LogP contribution is 2.30. The molecule has 1 heterocycles. The zero-order chi connectivity index (χ0) is 13.1. The number of ether oxygens (including phenoxy) is 1. The lowest BCUT2D eigenvalue weighted by Crippen LogP contribution is -1.99. The Balaban J connectivity index is 2.26. The van der Waals surface area contributed by atoms with Crippen LogP contribution in [0.25, 0.3) is 0 Å². The molecule has 0 bridgehead atoms. The molecule has 0 radical (unpaired) electrons. The van der Waals surface area contributed by atoms with Gasteiger partial charge in [-0.2, -0.15) is 0 Å². The summed E-state index contributed by atoms with van der Waals surface area (Å²) in [6, 6.07) is 7.15. The first-order valence-corrected chi connectivity index (χ1v) is 6.29. The summed E-state index contributed by atoms with van der Waals surface area (Å²) in [6.07, 6.45) is 1.67. The third-order valence-corrected chi connectivity index (χ3v) is 3.03. The van der Waals surface area contributed by atoms with Crippen LogP contribution in [0.1, 0.15) is 0 Å². The topological polar surface area (TPSA) is 60.2 Å². The van der Waals surface area contributed by atoms with E-state index in [1.54, 1.807) is 31.5 Å². The molecule has 0 aliphatic carbocycles. The van der Waals surface area contributed by atoms with Crippen LogP contribution < -0.4 is 15.8 Å². The van der Waals surface area contributed by atoms with E-state index >= 15 is 0 Å². The standard InChI is InChI=1S/C12H11BrClN3O/c1-18-11-3-2-8(5-9(11)14)17-12-10(15)4-7(13)6-16-12/h2-6H,15H2,1H3,(H,16,17). The van der Waals surface area contributed by atoms with Gasteiger partial charge in [0.15, 0.2) is 5.82 Å². The molecule has 3 N–H and O–H groups in total. The van der Waals surface area contributed by atoms with Crippen LogP contribution in [0.15, 0.2) is 34.9 Å². The summed E-state index contributed by atoms with van der Waals surface area (Å²) < 4.78 is 5.92. The SMILES string of the molecule is COc1ccc(Nc2ncc(Br)cc2N)cc1Cl. The van der Waals surface area contributed by atoms with Gasteiger partial charge in [0.05, 0.1) is 17.8 Å². The fourth-order valence-electron chi connectivity index (χ4n) is 1.44. The van der Waals surface area contributed by atoms with Crippen molar-refractivity contribution in [1.82, 2.24) is 4.98 Å². The number of nitrogen functional groups attached to an aromatic ring is 1. The van der Waals surface area contributed by atoms with Crippen molar-refractivity contribution < 1.29 is 4.74 Å². The van der Waals surface area contributed by atoms with E-state index < -0.39 is 0 Å². The lowest BCUT2D eigenvalue weighted by Gasteiger charge is -2.10. The van der Waals surface area contributed by atoms with Crippen molar-refractivity contribution >= 4 is 44.7 Å². The molecule has 0 fully saturated rings. The van der Waals surface area contributed by atoms with Crippen molar-refractivity contribution in [2.75, 3.05) is 18.2 Å². The van der Waals surface area contributed by atoms with Crippen molar-refractivity contribution in [3.63, 3.8) is 0 Å². The summed E-state index contributed by atoms with van der Waals surface area (Å²) >= 11 is 9.34. The second-order valence-corrected chi connectivity index (χ2v) is 4.89. The maximum Gasteiger partial charge on any atom is 0.153 e. The molecule has 0 aliphatic rings. The van der Waals surface area contributed by atoms with Crippen LogP contribution in [0.2, 0.25) is 5.02 Å². The second kappa shape index (κ2) is 5.46. The number of hydrogen-bond acceptors (Lipinski definition) is 4. The summed E-state index contributed by atoms with van der Waals surface area (Å²) in [6.45, 7) is 0. The van der Waals surface area contributed by atoms with Gasteiger partial charge in [-0.1, -0.05) is 11.6 Å². The van der Waals surface area contributed by atoms with Crippen molar-refractivity contribution in [3.05, 3.63) is 40.0 Å². The quantitative estimate of drug-likeness (QED) is 0.899. The molecule has 2 rings (SSSR count). The zero-order valence-corrected chi connectivity index (χ0v) is 11.9. The molecule has 0 saturated heterocycles. The number of aromatic nitrogens is 1. The highest BCUT2D eigenvalue weighted by atomic mass is 79.9. The fourth-order valence-corrected chi connectivity index (χ4v) is 2.05. The summed E-state index contributed by atoms with van der Waals surface area (Å²) in [5, 5.41) is 3.62. The van der Waals surface area contributed by atoms with E-state index in [0.717, 1.165) is 10.2 Å². The van der Waals surface area contributed by atoms with E-state index in [4.69, 9.17) is 22.1 Å². The number of hydrogen-bond donors (Lipinski definition) is 2. The van der Waals surface area contributed by atoms with Gasteiger partial charge < -0.3 is 15.8 Å². The first-order chi connectivity index (χ1) is 8.60. The minimum atomic E-state index is 0.526. The van der Waals surface area contributed by atoms with Crippen LogP contribution in [-0.4, -0.2) is 12.1 Å². The van der Waals surface area contributed by atoms with Gasteiger partial charge in [-0.3, -0.25) is 0 Å². The second-order valence-electron chi connectivity index (χ2n) is 3.57. The smallest absolute Gasteiger partial charge is 0.153 e. The molecule has 0 aliphatic heterocycles. The van der Waals surface area contributed by atoms with Crippen LogP contribution in [0.3, 0.4) is 0 Å². The van der Waals surface area contributed by atoms with Gasteiger partial charge in [-0.05, 0) is 40.2 Å².